The van der Waals surface area contributed by atoms with E-state index < -0.39 is 5.97 Å². The molecule has 0 atom stereocenters. The van der Waals surface area contributed by atoms with E-state index in [0.717, 1.165) is 0 Å². The molecule has 0 aliphatic rings. The Kier molecular flexibility index (Phi) is 2.87. The second kappa shape index (κ2) is 4.12. The molecule has 0 fully saturated rings. The Morgan fingerprint density at radius 2 is 2.46 bits per heavy atom. The van der Waals surface area contributed by atoms with E-state index in [1.54, 1.807) is 6.07 Å². The molecule has 4 nitrogen and oxygen atoms in total. The van der Waals surface area contributed by atoms with Gasteiger partial charge >= 0.3 is 5.97 Å². The van der Waals surface area contributed by atoms with Crippen molar-refractivity contribution < 1.29 is 9.90 Å². The first-order chi connectivity index (χ1) is 6.24. The summed E-state index contributed by atoms with van der Waals surface area (Å²) in [4.78, 5) is 14.3. The minimum atomic E-state index is -0.990. The summed E-state index contributed by atoms with van der Waals surface area (Å²) >= 11 is 0. The van der Waals surface area contributed by atoms with Crippen molar-refractivity contribution in [1.29, 1.82) is 0 Å². The minimum Gasteiger partial charge on any atom is -0.478 e. The second-order valence-electron chi connectivity index (χ2n) is 2.29. The summed E-state index contributed by atoms with van der Waals surface area (Å²) in [6, 6.07) is 3.04. The van der Waals surface area contributed by atoms with Crippen molar-refractivity contribution in [2.75, 3.05) is 11.9 Å². The standard InChI is InChI=1S/C9H8N2O2/c1-2-5-10-8-4-3-7(6-11-8)9(12)13/h1,3-4,6H,5H2,(H,10,11)(H,12,13). The zero-order valence-electron chi connectivity index (χ0n) is 6.82. The molecule has 0 unspecified atom stereocenters. The monoisotopic (exact) mass is 176 g/mol. The van der Waals surface area contributed by atoms with E-state index in [-0.39, 0.29) is 5.56 Å². The fraction of sp³-hybridized carbons (Fsp3) is 0.111. The lowest BCUT2D eigenvalue weighted by Gasteiger charge is -2.00. The van der Waals surface area contributed by atoms with Gasteiger partial charge in [0.05, 0.1) is 12.1 Å². The van der Waals surface area contributed by atoms with E-state index in [0.29, 0.717) is 12.4 Å². The molecule has 66 valence electrons. The van der Waals surface area contributed by atoms with Gasteiger partial charge in [-0.2, -0.15) is 0 Å². The molecule has 1 aromatic rings. The van der Waals surface area contributed by atoms with Gasteiger partial charge in [0, 0.05) is 6.20 Å². The predicted octanol–water partition coefficient (Wildman–Crippen LogP) is 0.825. The predicted molar refractivity (Wildman–Crippen MR) is 48.5 cm³/mol. The molecule has 1 aromatic heterocycles. The number of carboxylic acid groups (broad SMARTS) is 1. The Morgan fingerprint density at radius 3 is 2.92 bits per heavy atom. The van der Waals surface area contributed by atoms with Crippen molar-refractivity contribution in [1.82, 2.24) is 4.98 Å². The number of hydrogen-bond acceptors (Lipinski definition) is 3. The van der Waals surface area contributed by atoms with Crippen LogP contribution in [-0.2, 0) is 0 Å². The van der Waals surface area contributed by atoms with E-state index in [1.807, 2.05) is 0 Å². The third kappa shape index (κ3) is 2.49. The fourth-order valence-electron chi connectivity index (χ4n) is 0.767. The quantitative estimate of drug-likeness (QED) is 0.669. The van der Waals surface area contributed by atoms with Crippen molar-refractivity contribution >= 4 is 11.8 Å². The molecule has 1 rings (SSSR count). The van der Waals surface area contributed by atoms with Gasteiger partial charge in [0.15, 0.2) is 0 Å². The van der Waals surface area contributed by atoms with Gasteiger partial charge in [0.25, 0.3) is 0 Å². The van der Waals surface area contributed by atoms with Crippen LogP contribution in [0.25, 0.3) is 0 Å². The molecule has 0 aliphatic carbocycles. The summed E-state index contributed by atoms with van der Waals surface area (Å²) in [7, 11) is 0. The van der Waals surface area contributed by atoms with Gasteiger partial charge in [-0.05, 0) is 12.1 Å². The number of rotatable bonds is 3. The molecule has 4 heteroatoms. The maximum absolute atomic E-state index is 10.4. The average Bonchev–Trinajstić information content (AvgIpc) is 2.15. The van der Waals surface area contributed by atoms with Gasteiger partial charge in [-0.1, -0.05) is 5.92 Å². The molecule has 0 aromatic carbocycles. The van der Waals surface area contributed by atoms with Crippen molar-refractivity contribution in [2.24, 2.45) is 0 Å². The third-order valence-electron chi connectivity index (χ3n) is 1.38. The maximum Gasteiger partial charge on any atom is 0.337 e. The lowest BCUT2D eigenvalue weighted by Crippen LogP contribution is -2.02. The molecule has 0 saturated carbocycles. The van der Waals surface area contributed by atoms with Crippen LogP contribution in [0.3, 0.4) is 0 Å². The first-order valence-electron chi connectivity index (χ1n) is 3.60. The Morgan fingerprint density at radius 1 is 1.69 bits per heavy atom. The Hall–Kier alpha value is -2.02. The van der Waals surface area contributed by atoms with E-state index >= 15 is 0 Å². The van der Waals surface area contributed by atoms with Gasteiger partial charge in [-0.25, -0.2) is 9.78 Å². The van der Waals surface area contributed by atoms with Crippen molar-refractivity contribution in [2.45, 2.75) is 0 Å². The van der Waals surface area contributed by atoms with Gasteiger partial charge in [0.1, 0.15) is 5.82 Å². The molecule has 13 heavy (non-hydrogen) atoms. The zero-order chi connectivity index (χ0) is 9.68. The van der Waals surface area contributed by atoms with Gasteiger partial charge < -0.3 is 10.4 Å². The van der Waals surface area contributed by atoms with Gasteiger partial charge in [0.2, 0.25) is 0 Å². The normalized spacial score (nSPS) is 8.85. The molecular formula is C9H8N2O2. The number of pyridine rings is 1. The molecular weight excluding hydrogens is 168 g/mol. The van der Waals surface area contributed by atoms with E-state index in [2.05, 4.69) is 16.2 Å². The van der Waals surface area contributed by atoms with Crippen molar-refractivity contribution in [3.8, 4) is 12.3 Å². The molecule has 0 aliphatic heterocycles. The Labute approximate surface area is 75.6 Å². The van der Waals surface area contributed by atoms with Crippen LogP contribution in [0.15, 0.2) is 18.3 Å². The number of carboxylic acids is 1. The highest BCUT2D eigenvalue weighted by molar-refractivity contribution is 5.87. The number of nitrogens with one attached hydrogen (secondary N) is 1. The molecule has 0 bridgehead atoms. The van der Waals surface area contributed by atoms with Crippen LogP contribution < -0.4 is 5.32 Å². The first-order valence-corrected chi connectivity index (χ1v) is 3.60. The largest absolute Gasteiger partial charge is 0.478 e. The summed E-state index contributed by atoms with van der Waals surface area (Å²) in [6.07, 6.45) is 6.30. The molecule has 0 radical (unpaired) electrons. The number of aromatic nitrogens is 1. The highest BCUT2D eigenvalue weighted by Gasteiger charge is 2.01. The van der Waals surface area contributed by atoms with Gasteiger partial charge in [-0.3, -0.25) is 0 Å². The van der Waals surface area contributed by atoms with E-state index in [1.165, 1.54) is 12.3 Å². The van der Waals surface area contributed by atoms with Crippen LogP contribution in [0.4, 0.5) is 5.82 Å². The smallest absolute Gasteiger partial charge is 0.337 e. The summed E-state index contributed by atoms with van der Waals surface area (Å²) < 4.78 is 0. The van der Waals surface area contributed by atoms with Crippen LogP contribution in [0, 0.1) is 12.3 Å². The molecule has 1 heterocycles. The van der Waals surface area contributed by atoms with Crippen LogP contribution in [-0.4, -0.2) is 22.6 Å². The summed E-state index contributed by atoms with van der Waals surface area (Å²) in [6.45, 7) is 0.374. The molecule has 0 amide bonds. The Bertz CT molecular complexity index is 338. The first kappa shape index (κ1) is 9.07. The lowest BCUT2D eigenvalue weighted by atomic mass is 10.3. The summed E-state index contributed by atoms with van der Waals surface area (Å²) in [5.74, 6) is 1.97. The SMILES string of the molecule is C#CCNc1ccc(C(=O)O)cn1. The summed E-state index contributed by atoms with van der Waals surface area (Å²) in [5.41, 5.74) is 0.159. The number of aromatic carboxylic acids is 1. The van der Waals surface area contributed by atoms with Crippen LogP contribution in [0.1, 0.15) is 10.4 Å². The zero-order valence-corrected chi connectivity index (χ0v) is 6.82. The van der Waals surface area contributed by atoms with Gasteiger partial charge in [-0.15, -0.1) is 6.42 Å². The van der Waals surface area contributed by atoms with Crippen molar-refractivity contribution in [3.05, 3.63) is 23.9 Å². The van der Waals surface area contributed by atoms with Crippen molar-refractivity contribution in [3.63, 3.8) is 0 Å². The van der Waals surface area contributed by atoms with Crippen LogP contribution >= 0.6 is 0 Å². The molecule has 0 saturated heterocycles. The van der Waals surface area contributed by atoms with Crippen LogP contribution in [0.5, 0.6) is 0 Å². The third-order valence-corrected chi connectivity index (χ3v) is 1.38. The lowest BCUT2D eigenvalue weighted by molar-refractivity contribution is 0.0696. The topological polar surface area (TPSA) is 62.2 Å². The second-order valence-corrected chi connectivity index (χ2v) is 2.29. The average molecular weight is 176 g/mol. The Balaban J connectivity index is 2.71. The molecule has 0 spiro atoms. The summed E-state index contributed by atoms with van der Waals surface area (Å²) in [5, 5.41) is 11.4. The highest BCUT2D eigenvalue weighted by atomic mass is 16.4. The number of nitrogens with zero attached hydrogens (tertiary/aromatic N) is 1. The number of carbonyl (C=O) groups is 1. The van der Waals surface area contributed by atoms with E-state index in [9.17, 15) is 4.79 Å². The fourth-order valence-corrected chi connectivity index (χ4v) is 0.767. The number of anilines is 1. The van der Waals surface area contributed by atoms with Crippen LogP contribution in [0.2, 0.25) is 0 Å². The minimum absolute atomic E-state index is 0.159. The number of terminal acetylenes is 1. The molecule has 2 N–H and O–H groups in total. The maximum atomic E-state index is 10.4. The highest BCUT2D eigenvalue weighted by Crippen LogP contribution is 2.03. The number of hydrogen-bond donors (Lipinski definition) is 2. The van der Waals surface area contributed by atoms with E-state index in [4.69, 9.17) is 11.5 Å².